The summed E-state index contributed by atoms with van der Waals surface area (Å²) in [6.45, 7) is 3.06. The van der Waals surface area contributed by atoms with Gasteiger partial charge in [-0.1, -0.05) is 13.3 Å². The van der Waals surface area contributed by atoms with E-state index in [2.05, 4.69) is 16.9 Å². The zero-order valence-corrected chi connectivity index (χ0v) is 10.1. The van der Waals surface area contributed by atoms with Crippen LogP contribution >= 0.6 is 11.3 Å². The maximum Gasteiger partial charge on any atom is 0.234 e. The van der Waals surface area contributed by atoms with E-state index in [0.717, 1.165) is 22.7 Å². The second-order valence-electron chi connectivity index (χ2n) is 4.77. The zero-order chi connectivity index (χ0) is 11.0. The number of fused-ring (bicyclic) bond motifs is 1. The summed E-state index contributed by atoms with van der Waals surface area (Å²) in [4.78, 5) is 8.42. The maximum absolute atomic E-state index is 5.84. The molecular weight excluding hydrogens is 220 g/mol. The van der Waals surface area contributed by atoms with Crippen molar-refractivity contribution in [2.24, 2.45) is 5.41 Å². The van der Waals surface area contributed by atoms with Crippen LogP contribution in [0.3, 0.4) is 0 Å². The van der Waals surface area contributed by atoms with Crippen LogP contribution in [0, 0.1) is 5.41 Å². The lowest BCUT2D eigenvalue weighted by Gasteiger charge is -2.37. The molecule has 0 N–H and O–H groups in total. The van der Waals surface area contributed by atoms with Gasteiger partial charge >= 0.3 is 0 Å². The third-order valence-electron chi connectivity index (χ3n) is 3.33. The van der Waals surface area contributed by atoms with Crippen molar-refractivity contribution in [3.8, 4) is 5.88 Å². The Bertz CT molecular complexity index is 504. The lowest BCUT2D eigenvalue weighted by atomic mass is 9.71. The predicted octanol–water partition coefficient (Wildman–Crippen LogP) is 3.26. The highest BCUT2D eigenvalue weighted by Crippen LogP contribution is 2.40. The fourth-order valence-electron chi connectivity index (χ4n) is 2.04. The van der Waals surface area contributed by atoms with Crippen molar-refractivity contribution in [2.75, 3.05) is 6.61 Å². The van der Waals surface area contributed by atoms with E-state index in [-0.39, 0.29) is 0 Å². The first kappa shape index (κ1) is 10.0. The highest BCUT2D eigenvalue weighted by Gasteiger charge is 2.32. The molecule has 3 rings (SSSR count). The molecule has 84 valence electrons. The number of nitrogens with zero attached hydrogens (tertiary/aromatic N) is 2. The van der Waals surface area contributed by atoms with Gasteiger partial charge in [0.2, 0.25) is 5.88 Å². The summed E-state index contributed by atoms with van der Waals surface area (Å²) in [6.07, 6.45) is 5.45. The minimum absolute atomic E-state index is 0.370. The normalized spacial score (nSPS) is 18.3. The summed E-state index contributed by atoms with van der Waals surface area (Å²) >= 11 is 1.64. The quantitative estimate of drug-likeness (QED) is 0.817. The molecule has 1 fully saturated rings. The molecule has 2 aromatic heterocycles. The highest BCUT2D eigenvalue weighted by atomic mass is 32.1. The Morgan fingerprint density at radius 1 is 1.44 bits per heavy atom. The third kappa shape index (κ3) is 1.67. The molecule has 16 heavy (non-hydrogen) atoms. The smallest absolute Gasteiger partial charge is 0.234 e. The lowest BCUT2D eigenvalue weighted by molar-refractivity contribution is 0.0760. The molecule has 0 bridgehead atoms. The van der Waals surface area contributed by atoms with Crippen LogP contribution in [0.15, 0.2) is 17.8 Å². The van der Waals surface area contributed by atoms with Crippen molar-refractivity contribution in [3.05, 3.63) is 17.8 Å². The van der Waals surface area contributed by atoms with E-state index < -0.39 is 0 Å². The van der Waals surface area contributed by atoms with Crippen LogP contribution in [0.4, 0.5) is 0 Å². The first-order chi connectivity index (χ1) is 7.77. The summed E-state index contributed by atoms with van der Waals surface area (Å²) in [5.74, 6) is 0.744. The van der Waals surface area contributed by atoms with Gasteiger partial charge in [0.15, 0.2) is 0 Å². The van der Waals surface area contributed by atoms with Gasteiger partial charge < -0.3 is 4.74 Å². The van der Waals surface area contributed by atoms with Crippen molar-refractivity contribution < 1.29 is 4.74 Å². The molecule has 1 aliphatic rings. The van der Waals surface area contributed by atoms with Crippen LogP contribution in [0.2, 0.25) is 0 Å². The van der Waals surface area contributed by atoms with E-state index in [1.165, 1.54) is 19.3 Å². The van der Waals surface area contributed by atoms with Crippen molar-refractivity contribution >= 4 is 21.6 Å². The van der Waals surface area contributed by atoms with Gasteiger partial charge in [-0.05, 0) is 24.3 Å². The first-order valence-corrected chi connectivity index (χ1v) is 6.46. The highest BCUT2D eigenvalue weighted by molar-refractivity contribution is 7.17. The number of aromatic nitrogens is 2. The molecule has 1 aliphatic carbocycles. The van der Waals surface area contributed by atoms with Gasteiger partial charge in [0.05, 0.1) is 12.1 Å². The first-order valence-electron chi connectivity index (χ1n) is 5.58. The molecule has 4 heteroatoms. The maximum atomic E-state index is 5.84. The molecule has 0 radical (unpaired) electrons. The zero-order valence-electron chi connectivity index (χ0n) is 9.27. The van der Waals surface area contributed by atoms with Crippen molar-refractivity contribution in [1.82, 2.24) is 9.97 Å². The van der Waals surface area contributed by atoms with Gasteiger partial charge in [-0.25, -0.2) is 9.97 Å². The fraction of sp³-hybridized carbons (Fsp3) is 0.500. The van der Waals surface area contributed by atoms with E-state index in [0.29, 0.717) is 5.41 Å². The van der Waals surface area contributed by atoms with E-state index >= 15 is 0 Å². The Labute approximate surface area is 98.5 Å². The van der Waals surface area contributed by atoms with Gasteiger partial charge in [-0.3, -0.25) is 0 Å². The Morgan fingerprint density at radius 2 is 2.31 bits per heavy atom. The average molecular weight is 234 g/mol. The summed E-state index contributed by atoms with van der Waals surface area (Å²) in [7, 11) is 0. The predicted molar refractivity (Wildman–Crippen MR) is 64.9 cm³/mol. The van der Waals surface area contributed by atoms with Crippen LogP contribution in [0.25, 0.3) is 10.2 Å². The summed E-state index contributed by atoms with van der Waals surface area (Å²) in [6, 6.07) is 2.00. The van der Waals surface area contributed by atoms with Gasteiger partial charge in [0, 0.05) is 5.41 Å². The lowest BCUT2D eigenvalue weighted by Crippen LogP contribution is -2.32. The Hall–Kier alpha value is -1.16. The van der Waals surface area contributed by atoms with Crippen LogP contribution in [0.1, 0.15) is 26.2 Å². The number of rotatable bonds is 3. The summed E-state index contributed by atoms with van der Waals surface area (Å²) in [5.41, 5.74) is 1.35. The largest absolute Gasteiger partial charge is 0.476 e. The molecule has 0 saturated heterocycles. The van der Waals surface area contributed by atoms with Gasteiger partial charge in [0.1, 0.15) is 11.0 Å². The Kier molecular flexibility index (Phi) is 2.32. The summed E-state index contributed by atoms with van der Waals surface area (Å²) in [5, 5.41) is 2.03. The van der Waals surface area contributed by atoms with Gasteiger partial charge in [0.25, 0.3) is 0 Å². The molecular formula is C12H14N2OS. The molecule has 0 atom stereocenters. The van der Waals surface area contributed by atoms with Crippen molar-refractivity contribution in [3.63, 3.8) is 0 Å². The second kappa shape index (κ2) is 3.70. The number of ether oxygens (including phenoxy) is 1. The van der Waals surface area contributed by atoms with E-state index in [1.54, 1.807) is 17.7 Å². The van der Waals surface area contributed by atoms with E-state index in [9.17, 15) is 0 Å². The molecule has 2 aromatic rings. The Balaban J connectivity index is 1.81. The SMILES string of the molecule is CC1(COc2ncnc3ccsc23)CCC1. The number of thiophene rings is 1. The van der Waals surface area contributed by atoms with Crippen LogP contribution in [0.5, 0.6) is 5.88 Å². The number of hydrogen-bond acceptors (Lipinski definition) is 4. The van der Waals surface area contributed by atoms with Crippen molar-refractivity contribution in [2.45, 2.75) is 26.2 Å². The van der Waals surface area contributed by atoms with Gasteiger partial charge in [-0.2, -0.15) is 0 Å². The van der Waals surface area contributed by atoms with E-state index in [1.807, 2.05) is 11.4 Å². The van der Waals surface area contributed by atoms with Gasteiger partial charge in [-0.15, -0.1) is 11.3 Å². The number of hydrogen-bond donors (Lipinski definition) is 0. The molecule has 0 aliphatic heterocycles. The van der Waals surface area contributed by atoms with Crippen molar-refractivity contribution in [1.29, 1.82) is 0 Å². The van der Waals surface area contributed by atoms with Crippen LogP contribution < -0.4 is 4.74 Å². The van der Waals surface area contributed by atoms with Crippen LogP contribution in [-0.2, 0) is 0 Å². The monoisotopic (exact) mass is 234 g/mol. The Morgan fingerprint density at radius 3 is 3.06 bits per heavy atom. The minimum atomic E-state index is 0.370. The third-order valence-corrected chi connectivity index (χ3v) is 4.22. The average Bonchev–Trinajstić information content (AvgIpc) is 2.72. The molecule has 0 unspecified atom stereocenters. The topological polar surface area (TPSA) is 35.0 Å². The fourth-order valence-corrected chi connectivity index (χ4v) is 2.82. The molecule has 0 aromatic carbocycles. The molecule has 2 heterocycles. The minimum Gasteiger partial charge on any atom is -0.476 e. The van der Waals surface area contributed by atoms with E-state index in [4.69, 9.17) is 4.74 Å². The standard InChI is InChI=1S/C12H14N2OS/c1-12(4-2-5-12)7-15-11-10-9(3-6-16-10)13-8-14-11/h3,6,8H,2,4-5,7H2,1H3. The van der Waals surface area contributed by atoms with Crippen LogP contribution in [-0.4, -0.2) is 16.6 Å². The molecule has 0 spiro atoms. The molecule has 0 amide bonds. The summed E-state index contributed by atoms with van der Waals surface area (Å²) < 4.78 is 6.90. The molecule has 3 nitrogen and oxygen atoms in total. The second-order valence-corrected chi connectivity index (χ2v) is 5.68. The molecule has 1 saturated carbocycles.